The van der Waals surface area contributed by atoms with E-state index >= 15 is 0 Å². The smallest absolute Gasteiger partial charge is 0.298 e. The predicted octanol–water partition coefficient (Wildman–Crippen LogP) is 8.40. The molecular weight excluding hydrogens is 595 g/mol. The van der Waals surface area contributed by atoms with Gasteiger partial charge in [-0.2, -0.15) is 44.7 Å². The largest absolute Gasteiger partial charge is 0.416 e. The second-order valence-corrected chi connectivity index (χ2v) is 7.94. The lowest BCUT2D eigenvalue weighted by molar-refractivity contribution is -0.143. The van der Waals surface area contributed by atoms with Crippen LogP contribution in [0.5, 0.6) is 0 Å². The molecule has 0 radical (unpaired) electrons. The van der Waals surface area contributed by atoms with Crippen LogP contribution in [0.25, 0.3) is 22.5 Å². The summed E-state index contributed by atoms with van der Waals surface area (Å²) in [5, 5.41) is 13.2. The monoisotopic (exact) mass is 620 g/mol. The molecule has 1 amide bonds. The predicted molar refractivity (Wildman–Crippen MR) is 140 cm³/mol. The molecule has 3 aromatic carbocycles. The Bertz CT molecular complexity index is 1450. The van der Waals surface area contributed by atoms with Crippen LogP contribution in [0.1, 0.15) is 54.7 Å². The molecule has 7 nitrogen and oxygen atoms in total. The Morgan fingerprint density at radius 3 is 1.65 bits per heavy atom. The molecule has 0 atom stereocenters. The van der Waals surface area contributed by atoms with Crippen molar-refractivity contribution in [2.45, 2.75) is 46.2 Å². The molecule has 1 aromatic heterocycles. The Kier molecular flexibility index (Phi) is 11.3. The highest BCUT2D eigenvalue weighted by molar-refractivity contribution is 5.96. The fraction of sp³-hybridized carbons (Fsp3) is 0.259. The lowest BCUT2D eigenvalue weighted by Gasteiger charge is -2.16. The van der Waals surface area contributed by atoms with E-state index in [2.05, 4.69) is 26.0 Å². The number of halogens is 9. The number of anilines is 1. The number of carbonyl (C=O) groups excluding carboxylic acids is 1. The zero-order valence-electron chi connectivity index (χ0n) is 22.9. The van der Waals surface area contributed by atoms with Gasteiger partial charge in [0.1, 0.15) is 0 Å². The number of rotatable bonds is 5. The van der Waals surface area contributed by atoms with Gasteiger partial charge in [0.15, 0.2) is 0 Å². The zero-order valence-corrected chi connectivity index (χ0v) is 22.9. The molecule has 4 rings (SSSR count). The Morgan fingerprint density at radius 2 is 1.19 bits per heavy atom. The van der Waals surface area contributed by atoms with Crippen molar-refractivity contribution in [2.24, 2.45) is 0 Å². The normalized spacial score (nSPS) is 11.5. The van der Waals surface area contributed by atoms with Crippen LogP contribution in [0.2, 0.25) is 0 Å². The summed E-state index contributed by atoms with van der Waals surface area (Å²) in [5.74, 6) is -1.36. The third-order valence-corrected chi connectivity index (χ3v) is 5.31. The van der Waals surface area contributed by atoms with E-state index in [1.54, 1.807) is 0 Å². The van der Waals surface area contributed by atoms with Gasteiger partial charge in [0.25, 0.3) is 5.91 Å². The SMILES string of the molecule is CC.CC.O=C(NNc1ccc(-c2ccc(C(F)(F)F)cc2)cc1-c1nn[nH]n1)c1cc(C(F)(F)F)cc(C(F)(F)F)c1. The van der Waals surface area contributed by atoms with Gasteiger partial charge in [-0.1, -0.05) is 45.9 Å². The lowest BCUT2D eigenvalue weighted by Crippen LogP contribution is -2.30. The summed E-state index contributed by atoms with van der Waals surface area (Å²) in [7, 11) is 0. The van der Waals surface area contributed by atoms with Crippen LogP contribution in [0.15, 0.2) is 60.7 Å². The van der Waals surface area contributed by atoms with Crippen LogP contribution >= 0.6 is 0 Å². The van der Waals surface area contributed by atoms with Crippen molar-refractivity contribution < 1.29 is 44.3 Å². The standard InChI is InChI=1S/C23H13F9N6O.2C2H6/c24-21(25,26)14-4-1-11(2-5-14)12-3-6-18(17(9-12)19-34-37-38-35-19)33-36-20(39)13-7-15(22(27,28)29)10-16(8-13)23(30,31)32;2*1-2/h1-10,33H,(H,36,39)(H,34,35,37,38);2*1-2H3. The summed E-state index contributed by atoms with van der Waals surface area (Å²) in [4.78, 5) is 12.5. The van der Waals surface area contributed by atoms with Crippen LogP contribution in [0.3, 0.4) is 0 Å². The molecule has 0 bridgehead atoms. The maximum atomic E-state index is 13.1. The minimum absolute atomic E-state index is 0.0427. The van der Waals surface area contributed by atoms with Crippen molar-refractivity contribution in [1.82, 2.24) is 26.0 Å². The molecule has 0 aliphatic carbocycles. The summed E-state index contributed by atoms with van der Waals surface area (Å²) in [6.07, 6.45) is -14.8. The number of H-pyrrole nitrogens is 1. The average Bonchev–Trinajstić information content (AvgIpc) is 3.51. The number of hydrazine groups is 1. The number of alkyl halides is 9. The minimum Gasteiger partial charge on any atom is -0.298 e. The topological polar surface area (TPSA) is 95.6 Å². The van der Waals surface area contributed by atoms with Crippen molar-refractivity contribution in [1.29, 1.82) is 0 Å². The highest BCUT2D eigenvalue weighted by atomic mass is 19.4. The highest BCUT2D eigenvalue weighted by Crippen LogP contribution is 2.37. The minimum atomic E-state index is -5.15. The molecule has 1 heterocycles. The number of aromatic nitrogens is 4. The average molecular weight is 621 g/mol. The molecule has 43 heavy (non-hydrogen) atoms. The van der Waals surface area contributed by atoms with Crippen LogP contribution < -0.4 is 10.9 Å². The Labute approximate surface area is 239 Å². The molecule has 4 aromatic rings. The molecule has 0 aliphatic rings. The van der Waals surface area contributed by atoms with Gasteiger partial charge >= 0.3 is 18.5 Å². The zero-order chi connectivity index (χ0) is 32.6. The van der Waals surface area contributed by atoms with E-state index in [9.17, 15) is 44.3 Å². The first-order valence-corrected chi connectivity index (χ1v) is 12.5. The van der Waals surface area contributed by atoms with Gasteiger partial charge in [-0.3, -0.25) is 15.6 Å². The number of aromatic amines is 1. The maximum absolute atomic E-state index is 13.1. The Balaban J connectivity index is 0.00000155. The van der Waals surface area contributed by atoms with Gasteiger partial charge in [0, 0.05) is 11.1 Å². The van der Waals surface area contributed by atoms with Gasteiger partial charge in [0.2, 0.25) is 5.82 Å². The van der Waals surface area contributed by atoms with E-state index in [-0.39, 0.29) is 35.3 Å². The number of benzene rings is 3. The number of nitrogens with zero attached hydrogens (tertiary/aromatic N) is 3. The van der Waals surface area contributed by atoms with Crippen LogP contribution in [0.4, 0.5) is 45.2 Å². The second-order valence-electron chi connectivity index (χ2n) is 7.94. The molecule has 0 unspecified atom stereocenters. The van der Waals surface area contributed by atoms with Gasteiger partial charge in [-0.15, -0.1) is 10.2 Å². The van der Waals surface area contributed by atoms with Crippen molar-refractivity contribution in [2.75, 3.05) is 5.43 Å². The number of amides is 1. The fourth-order valence-corrected chi connectivity index (χ4v) is 3.43. The molecule has 0 saturated heterocycles. The number of hydrogen-bond donors (Lipinski definition) is 3. The van der Waals surface area contributed by atoms with Crippen molar-refractivity contribution >= 4 is 11.6 Å². The molecule has 0 saturated carbocycles. The summed E-state index contributed by atoms with van der Waals surface area (Å²) in [6, 6.07) is 8.81. The van der Waals surface area contributed by atoms with E-state index in [1.807, 2.05) is 33.1 Å². The Morgan fingerprint density at radius 1 is 0.674 bits per heavy atom. The summed E-state index contributed by atoms with van der Waals surface area (Å²) < 4.78 is 117. The lowest BCUT2D eigenvalue weighted by atomic mass is 10.0. The van der Waals surface area contributed by atoms with Gasteiger partial charge < -0.3 is 0 Å². The molecule has 0 spiro atoms. The fourth-order valence-electron chi connectivity index (χ4n) is 3.43. The van der Waals surface area contributed by atoms with Crippen LogP contribution in [0, 0.1) is 0 Å². The van der Waals surface area contributed by atoms with E-state index in [1.165, 1.54) is 30.3 Å². The number of carbonyl (C=O) groups is 1. The Hall–Kier alpha value is -4.63. The first-order chi connectivity index (χ1) is 20.1. The third kappa shape index (κ3) is 8.93. The molecule has 16 heteroatoms. The van der Waals surface area contributed by atoms with E-state index in [0.717, 1.165) is 12.1 Å². The van der Waals surface area contributed by atoms with Crippen LogP contribution in [-0.4, -0.2) is 26.5 Å². The van der Waals surface area contributed by atoms with Gasteiger partial charge in [-0.05, 0) is 58.8 Å². The highest BCUT2D eigenvalue weighted by Gasteiger charge is 2.37. The maximum Gasteiger partial charge on any atom is 0.416 e. The molecule has 0 fully saturated rings. The number of hydrogen-bond acceptors (Lipinski definition) is 5. The molecule has 232 valence electrons. The second kappa shape index (κ2) is 14.0. The van der Waals surface area contributed by atoms with Gasteiger partial charge in [0.05, 0.1) is 22.4 Å². The summed E-state index contributed by atoms with van der Waals surface area (Å²) >= 11 is 0. The van der Waals surface area contributed by atoms with E-state index in [0.29, 0.717) is 11.1 Å². The van der Waals surface area contributed by atoms with Gasteiger partial charge in [-0.25, -0.2) is 0 Å². The van der Waals surface area contributed by atoms with Crippen molar-refractivity contribution in [3.05, 3.63) is 82.9 Å². The molecule has 3 N–H and O–H groups in total. The van der Waals surface area contributed by atoms with Crippen molar-refractivity contribution in [3.63, 3.8) is 0 Å². The summed E-state index contributed by atoms with van der Waals surface area (Å²) in [6.45, 7) is 8.00. The summed E-state index contributed by atoms with van der Waals surface area (Å²) in [5.41, 5.74) is 0.232. The first-order valence-electron chi connectivity index (χ1n) is 12.5. The van der Waals surface area contributed by atoms with Crippen LogP contribution in [-0.2, 0) is 18.5 Å². The number of nitrogens with one attached hydrogen (secondary N) is 3. The number of tetrazole rings is 1. The third-order valence-electron chi connectivity index (χ3n) is 5.31. The first kappa shape index (κ1) is 34.6. The molecule has 0 aliphatic heterocycles. The van der Waals surface area contributed by atoms with Crippen molar-refractivity contribution in [3.8, 4) is 22.5 Å². The van der Waals surface area contributed by atoms with E-state index < -0.39 is 46.7 Å². The van der Waals surface area contributed by atoms with E-state index in [4.69, 9.17) is 0 Å². The molecular formula is C27H25F9N6O. The quantitative estimate of drug-likeness (QED) is 0.154.